The Morgan fingerprint density at radius 2 is 1.82 bits per heavy atom. The normalized spacial score (nSPS) is 11.6. The Kier molecular flexibility index (Phi) is 5.72. The van der Waals surface area contributed by atoms with Gasteiger partial charge in [0, 0.05) is 24.4 Å². The molecule has 0 aliphatic rings. The Balaban J connectivity index is 0.00000225. The number of hydrogen-bond donors (Lipinski definition) is 1. The predicted molar refractivity (Wildman–Crippen MR) is 106 cm³/mol. The van der Waals surface area contributed by atoms with Gasteiger partial charge < -0.3 is 10.3 Å². The van der Waals surface area contributed by atoms with Crippen LogP contribution in [0.15, 0.2) is 76.1 Å². The maximum absolute atomic E-state index is 12.7. The van der Waals surface area contributed by atoms with Gasteiger partial charge in [-0.1, -0.05) is 29.4 Å². The molecule has 0 saturated heterocycles. The van der Waals surface area contributed by atoms with Gasteiger partial charge in [-0.3, -0.25) is 0 Å². The molecule has 0 fully saturated rings. The van der Waals surface area contributed by atoms with Crippen molar-refractivity contribution in [3.63, 3.8) is 0 Å². The fourth-order valence-electron chi connectivity index (χ4n) is 2.82. The highest BCUT2D eigenvalue weighted by molar-refractivity contribution is 5.85. The van der Waals surface area contributed by atoms with Gasteiger partial charge in [-0.25, -0.2) is 18.3 Å². The van der Waals surface area contributed by atoms with E-state index in [-0.39, 0.29) is 31.2 Å². The van der Waals surface area contributed by atoms with Crippen molar-refractivity contribution in [2.45, 2.75) is 6.54 Å². The summed E-state index contributed by atoms with van der Waals surface area (Å²) in [6.07, 6.45) is 3.65. The fraction of sp³-hybridized carbons (Fsp3) is 0.105. The van der Waals surface area contributed by atoms with E-state index < -0.39 is 0 Å². The lowest BCUT2D eigenvalue weighted by molar-refractivity contribution is 0.422. The summed E-state index contributed by atoms with van der Waals surface area (Å²) in [5.41, 5.74) is 9.37. The van der Waals surface area contributed by atoms with Gasteiger partial charge in [-0.15, -0.1) is 17.5 Å². The fourth-order valence-corrected chi connectivity index (χ4v) is 2.82. The van der Waals surface area contributed by atoms with E-state index in [1.165, 1.54) is 15.3 Å². The number of fused-ring (bicyclic) bond motifs is 1. The van der Waals surface area contributed by atoms with Gasteiger partial charge in [-0.05, 0) is 28.8 Å². The first-order valence-electron chi connectivity index (χ1n) is 8.28. The number of pyridine rings is 1. The van der Waals surface area contributed by atoms with Crippen LogP contribution in [-0.4, -0.2) is 25.9 Å². The van der Waals surface area contributed by atoms with Crippen molar-refractivity contribution in [1.82, 2.24) is 19.3 Å². The van der Waals surface area contributed by atoms with Crippen LogP contribution in [0.3, 0.4) is 0 Å². The maximum Gasteiger partial charge on any atom is 0.350 e. The number of hydrogen-bond acceptors (Lipinski definition) is 5. The molecule has 144 valence electrons. The van der Waals surface area contributed by atoms with Crippen LogP contribution >= 0.6 is 12.4 Å². The molecule has 0 aliphatic heterocycles. The standard InChI is InChI=1S/C19H16FN5O2.ClH/c20-9-13(10-21)11-25-19(26)24-12-16(5-6-18(24)22-25)14-1-3-15(4-2-14)17-7-8-27-23-17;/h1-9,12H,10-11,21H2;1H/b13-9+;. The first-order valence-corrected chi connectivity index (χ1v) is 8.28. The highest BCUT2D eigenvalue weighted by Crippen LogP contribution is 2.24. The van der Waals surface area contributed by atoms with Gasteiger partial charge in [-0.2, -0.15) is 0 Å². The molecule has 28 heavy (non-hydrogen) atoms. The van der Waals surface area contributed by atoms with Crippen LogP contribution in [0.5, 0.6) is 0 Å². The number of halogens is 2. The quantitative estimate of drug-likeness (QED) is 0.555. The van der Waals surface area contributed by atoms with E-state index in [2.05, 4.69) is 10.3 Å². The zero-order valence-corrected chi connectivity index (χ0v) is 15.5. The zero-order chi connectivity index (χ0) is 18.8. The molecule has 3 aromatic heterocycles. The van der Waals surface area contributed by atoms with Crippen molar-refractivity contribution in [3.05, 3.63) is 77.3 Å². The molecule has 4 rings (SSSR count). The third kappa shape index (κ3) is 3.60. The molecular weight excluding hydrogens is 385 g/mol. The molecule has 1 aromatic carbocycles. The number of benzene rings is 1. The summed E-state index contributed by atoms with van der Waals surface area (Å²) in [6.45, 7) is 0.0508. The number of aromatic nitrogens is 4. The molecule has 0 saturated carbocycles. The summed E-state index contributed by atoms with van der Waals surface area (Å²) in [5, 5.41) is 8.13. The van der Waals surface area contributed by atoms with Gasteiger partial charge in [0.25, 0.3) is 0 Å². The summed E-state index contributed by atoms with van der Waals surface area (Å²) in [4.78, 5) is 12.5. The van der Waals surface area contributed by atoms with Crippen molar-refractivity contribution in [1.29, 1.82) is 0 Å². The first-order chi connectivity index (χ1) is 13.2. The smallest absolute Gasteiger partial charge is 0.350 e. The highest BCUT2D eigenvalue weighted by atomic mass is 35.5. The molecule has 7 nitrogen and oxygen atoms in total. The van der Waals surface area contributed by atoms with E-state index >= 15 is 0 Å². The molecule has 0 amide bonds. The van der Waals surface area contributed by atoms with Crippen LogP contribution < -0.4 is 11.4 Å². The number of nitrogens with two attached hydrogens (primary N) is 1. The van der Waals surface area contributed by atoms with Crippen molar-refractivity contribution in [2.75, 3.05) is 6.54 Å². The molecule has 3 heterocycles. The monoisotopic (exact) mass is 401 g/mol. The van der Waals surface area contributed by atoms with Crippen LogP contribution in [0.1, 0.15) is 0 Å². The van der Waals surface area contributed by atoms with Gasteiger partial charge in [0.05, 0.1) is 12.9 Å². The minimum absolute atomic E-state index is 0. The van der Waals surface area contributed by atoms with E-state index in [0.717, 1.165) is 22.4 Å². The average Bonchev–Trinajstić information content (AvgIpc) is 3.35. The Morgan fingerprint density at radius 1 is 1.11 bits per heavy atom. The van der Waals surface area contributed by atoms with E-state index in [9.17, 15) is 9.18 Å². The van der Waals surface area contributed by atoms with E-state index in [4.69, 9.17) is 10.3 Å². The Hall–Kier alpha value is -3.23. The van der Waals surface area contributed by atoms with E-state index in [0.29, 0.717) is 17.6 Å². The van der Waals surface area contributed by atoms with Crippen LogP contribution in [0, 0.1) is 0 Å². The molecular formula is C19H17ClFN5O2. The highest BCUT2D eigenvalue weighted by Gasteiger charge is 2.10. The maximum atomic E-state index is 12.7. The Morgan fingerprint density at radius 3 is 2.46 bits per heavy atom. The summed E-state index contributed by atoms with van der Waals surface area (Å²) in [5.74, 6) is 0. The lowest BCUT2D eigenvalue weighted by Crippen LogP contribution is -2.23. The van der Waals surface area contributed by atoms with Crippen molar-refractivity contribution in [3.8, 4) is 22.4 Å². The first kappa shape index (κ1) is 19.5. The second-order valence-corrected chi connectivity index (χ2v) is 6.02. The van der Waals surface area contributed by atoms with Crippen LogP contribution in [0.4, 0.5) is 4.39 Å². The third-order valence-electron chi connectivity index (χ3n) is 4.30. The summed E-state index contributed by atoms with van der Waals surface area (Å²) >= 11 is 0. The molecule has 0 spiro atoms. The molecule has 2 N–H and O–H groups in total. The summed E-state index contributed by atoms with van der Waals surface area (Å²) < 4.78 is 20.2. The molecule has 9 heteroatoms. The van der Waals surface area contributed by atoms with Crippen LogP contribution in [0.25, 0.3) is 28.0 Å². The predicted octanol–water partition coefficient (Wildman–Crippen LogP) is 3.05. The molecule has 4 aromatic rings. The summed E-state index contributed by atoms with van der Waals surface area (Å²) in [6, 6.07) is 13.2. The van der Waals surface area contributed by atoms with Crippen LogP contribution in [-0.2, 0) is 6.54 Å². The van der Waals surface area contributed by atoms with Crippen molar-refractivity contribution < 1.29 is 8.91 Å². The minimum atomic E-state index is -0.348. The Labute approximate surface area is 165 Å². The molecule has 0 aliphatic carbocycles. The zero-order valence-electron chi connectivity index (χ0n) is 14.7. The molecule has 0 unspecified atom stereocenters. The molecule has 0 radical (unpaired) electrons. The topological polar surface area (TPSA) is 91.3 Å². The SMILES string of the molecule is Cl.NC/C(=C\F)Cn1nc2ccc(-c3ccc(-c4ccon4)cc3)cn2c1=O. The van der Waals surface area contributed by atoms with Crippen LogP contribution in [0.2, 0.25) is 0 Å². The van der Waals surface area contributed by atoms with Crippen molar-refractivity contribution >= 4 is 18.1 Å². The third-order valence-corrected chi connectivity index (χ3v) is 4.30. The van der Waals surface area contributed by atoms with E-state index in [1.54, 1.807) is 18.3 Å². The van der Waals surface area contributed by atoms with Gasteiger partial charge in [0.1, 0.15) is 12.0 Å². The molecule has 0 bridgehead atoms. The van der Waals surface area contributed by atoms with Gasteiger partial charge in [0.2, 0.25) is 0 Å². The van der Waals surface area contributed by atoms with E-state index in [1.807, 2.05) is 30.3 Å². The van der Waals surface area contributed by atoms with Crippen molar-refractivity contribution in [2.24, 2.45) is 5.73 Å². The second kappa shape index (κ2) is 8.20. The Bertz CT molecular complexity index is 1160. The number of nitrogens with zero attached hydrogens (tertiary/aromatic N) is 4. The molecule has 0 atom stereocenters. The lowest BCUT2D eigenvalue weighted by atomic mass is 10.0. The summed E-state index contributed by atoms with van der Waals surface area (Å²) in [7, 11) is 0. The largest absolute Gasteiger partial charge is 0.364 e. The number of rotatable bonds is 5. The lowest BCUT2D eigenvalue weighted by Gasteiger charge is -2.03. The van der Waals surface area contributed by atoms with Gasteiger partial charge >= 0.3 is 5.69 Å². The van der Waals surface area contributed by atoms with Gasteiger partial charge in [0.15, 0.2) is 5.65 Å². The second-order valence-electron chi connectivity index (χ2n) is 6.02. The average molecular weight is 402 g/mol. The minimum Gasteiger partial charge on any atom is -0.364 e.